The summed E-state index contributed by atoms with van der Waals surface area (Å²) in [6, 6.07) is 8.18. The molecule has 0 radical (unpaired) electrons. The maximum atomic E-state index is 12.3. The SMILES string of the molecule is CCOC(CN/C=C(/C#N)C(=O)Nc1ccccc1C(=O)OC)OCC. The van der Waals surface area contributed by atoms with Crippen LogP contribution in [0.4, 0.5) is 5.69 Å². The van der Waals surface area contributed by atoms with Crippen molar-refractivity contribution in [2.24, 2.45) is 0 Å². The third-order valence-electron chi connectivity index (χ3n) is 3.18. The molecule has 0 fully saturated rings. The van der Waals surface area contributed by atoms with Crippen LogP contribution in [0.25, 0.3) is 0 Å². The van der Waals surface area contributed by atoms with Crippen molar-refractivity contribution >= 4 is 17.6 Å². The van der Waals surface area contributed by atoms with Crippen molar-refractivity contribution < 1.29 is 23.8 Å². The van der Waals surface area contributed by atoms with Crippen molar-refractivity contribution in [3.63, 3.8) is 0 Å². The Labute approximate surface area is 152 Å². The highest BCUT2D eigenvalue weighted by atomic mass is 16.7. The van der Waals surface area contributed by atoms with Gasteiger partial charge in [-0.3, -0.25) is 4.79 Å². The summed E-state index contributed by atoms with van der Waals surface area (Å²) >= 11 is 0. The van der Waals surface area contributed by atoms with Crippen molar-refractivity contribution in [3.8, 4) is 6.07 Å². The fraction of sp³-hybridized carbons (Fsp3) is 0.389. The summed E-state index contributed by atoms with van der Waals surface area (Å²) in [7, 11) is 1.25. The number of methoxy groups -OCH3 is 1. The lowest BCUT2D eigenvalue weighted by Gasteiger charge is -2.16. The van der Waals surface area contributed by atoms with Crippen LogP contribution in [0.2, 0.25) is 0 Å². The number of esters is 1. The monoisotopic (exact) mass is 361 g/mol. The van der Waals surface area contributed by atoms with E-state index < -0.39 is 18.2 Å². The molecule has 0 spiro atoms. The number of nitrogens with zero attached hydrogens (tertiary/aromatic N) is 1. The molecule has 8 heteroatoms. The van der Waals surface area contributed by atoms with Gasteiger partial charge in [0.1, 0.15) is 11.6 Å². The van der Waals surface area contributed by atoms with Gasteiger partial charge in [-0.2, -0.15) is 5.26 Å². The molecule has 1 aromatic rings. The summed E-state index contributed by atoms with van der Waals surface area (Å²) in [6.45, 7) is 4.92. The van der Waals surface area contributed by atoms with E-state index in [9.17, 15) is 14.9 Å². The van der Waals surface area contributed by atoms with Crippen LogP contribution in [0.1, 0.15) is 24.2 Å². The van der Waals surface area contributed by atoms with Crippen molar-refractivity contribution in [2.45, 2.75) is 20.1 Å². The zero-order chi connectivity index (χ0) is 19.4. The van der Waals surface area contributed by atoms with Crippen molar-refractivity contribution in [1.29, 1.82) is 5.26 Å². The number of nitriles is 1. The highest BCUT2D eigenvalue weighted by Gasteiger charge is 2.16. The second-order valence-electron chi connectivity index (χ2n) is 4.91. The first kappa shape index (κ1) is 21.2. The highest BCUT2D eigenvalue weighted by Crippen LogP contribution is 2.16. The van der Waals surface area contributed by atoms with Crippen LogP contribution in [0.3, 0.4) is 0 Å². The van der Waals surface area contributed by atoms with E-state index in [1.165, 1.54) is 19.4 Å². The van der Waals surface area contributed by atoms with E-state index in [2.05, 4.69) is 15.4 Å². The van der Waals surface area contributed by atoms with Gasteiger partial charge in [0.25, 0.3) is 5.91 Å². The smallest absolute Gasteiger partial charge is 0.339 e. The lowest BCUT2D eigenvalue weighted by atomic mass is 10.1. The Morgan fingerprint density at radius 1 is 1.23 bits per heavy atom. The number of hydrogen-bond donors (Lipinski definition) is 2. The van der Waals surface area contributed by atoms with Gasteiger partial charge in [0.15, 0.2) is 6.29 Å². The number of amides is 1. The molecule has 0 saturated heterocycles. The number of rotatable bonds is 10. The van der Waals surface area contributed by atoms with Crippen LogP contribution in [-0.4, -0.2) is 45.0 Å². The van der Waals surface area contributed by atoms with Gasteiger partial charge in [-0.15, -0.1) is 0 Å². The Hall–Kier alpha value is -2.89. The Morgan fingerprint density at radius 3 is 2.46 bits per heavy atom. The summed E-state index contributed by atoms with van der Waals surface area (Å²) in [5.41, 5.74) is 0.296. The van der Waals surface area contributed by atoms with Crippen LogP contribution in [0.15, 0.2) is 36.0 Å². The quantitative estimate of drug-likeness (QED) is 0.283. The third-order valence-corrected chi connectivity index (χ3v) is 3.18. The van der Waals surface area contributed by atoms with Crippen LogP contribution in [0, 0.1) is 11.3 Å². The van der Waals surface area contributed by atoms with Gasteiger partial charge in [-0.1, -0.05) is 12.1 Å². The molecule has 0 aliphatic rings. The van der Waals surface area contributed by atoms with E-state index in [-0.39, 0.29) is 23.4 Å². The first-order valence-electron chi connectivity index (χ1n) is 8.12. The second kappa shape index (κ2) is 11.6. The van der Waals surface area contributed by atoms with Gasteiger partial charge in [0.2, 0.25) is 0 Å². The molecule has 26 heavy (non-hydrogen) atoms. The number of para-hydroxylation sites is 1. The molecule has 0 unspecified atom stereocenters. The topological polar surface area (TPSA) is 110 Å². The number of carbonyl (C=O) groups is 2. The predicted molar refractivity (Wildman–Crippen MR) is 95.1 cm³/mol. The first-order valence-corrected chi connectivity index (χ1v) is 8.12. The minimum atomic E-state index is -0.652. The van der Waals surface area contributed by atoms with Gasteiger partial charge in [-0.05, 0) is 26.0 Å². The summed E-state index contributed by atoms with van der Waals surface area (Å²) in [6.07, 6.45) is 0.797. The van der Waals surface area contributed by atoms with Crippen LogP contribution in [0.5, 0.6) is 0 Å². The Kier molecular flexibility index (Phi) is 9.46. The number of benzene rings is 1. The maximum Gasteiger partial charge on any atom is 0.339 e. The normalized spacial score (nSPS) is 11.0. The fourth-order valence-electron chi connectivity index (χ4n) is 2.01. The zero-order valence-corrected chi connectivity index (χ0v) is 15.1. The third kappa shape index (κ3) is 6.55. The predicted octanol–water partition coefficient (Wildman–Crippen LogP) is 1.81. The number of nitrogens with one attached hydrogen (secondary N) is 2. The summed E-state index contributed by atoms with van der Waals surface area (Å²) in [4.78, 5) is 24.0. The molecule has 0 aromatic heterocycles. The van der Waals surface area contributed by atoms with Gasteiger partial charge in [-0.25, -0.2) is 4.79 Å². The van der Waals surface area contributed by atoms with E-state index in [1.807, 2.05) is 19.9 Å². The highest BCUT2D eigenvalue weighted by molar-refractivity contribution is 6.09. The molecule has 0 aliphatic heterocycles. The molecule has 140 valence electrons. The zero-order valence-electron chi connectivity index (χ0n) is 15.1. The number of ether oxygens (including phenoxy) is 3. The number of carbonyl (C=O) groups excluding carboxylic acids is 2. The van der Waals surface area contributed by atoms with E-state index in [0.29, 0.717) is 13.2 Å². The minimum Gasteiger partial charge on any atom is -0.465 e. The Morgan fingerprint density at radius 2 is 1.88 bits per heavy atom. The molecule has 0 atom stereocenters. The molecule has 8 nitrogen and oxygen atoms in total. The van der Waals surface area contributed by atoms with Crippen LogP contribution >= 0.6 is 0 Å². The summed E-state index contributed by atoms with van der Waals surface area (Å²) in [5.74, 6) is -1.24. The molecule has 0 aliphatic carbocycles. The molecule has 0 bridgehead atoms. The lowest BCUT2D eigenvalue weighted by molar-refractivity contribution is -0.131. The van der Waals surface area contributed by atoms with Crippen molar-refractivity contribution in [1.82, 2.24) is 5.32 Å². The van der Waals surface area contributed by atoms with Crippen LogP contribution < -0.4 is 10.6 Å². The molecular weight excluding hydrogens is 338 g/mol. The molecule has 1 rings (SSSR count). The second-order valence-corrected chi connectivity index (χ2v) is 4.91. The van der Waals surface area contributed by atoms with Crippen molar-refractivity contribution in [2.75, 3.05) is 32.2 Å². The van der Waals surface area contributed by atoms with Crippen LogP contribution in [-0.2, 0) is 19.0 Å². The van der Waals surface area contributed by atoms with Gasteiger partial charge in [0, 0.05) is 19.4 Å². The average Bonchev–Trinajstić information content (AvgIpc) is 2.65. The minimum absolute atomic E-state index is 0.156. The van der Waals surface area contributed by atoms with E-state index in [4.69, 9.17) is 9.47 Å². The number of anilines is 1. The molecule has 1 amide bonds. The van der Waals surface area contributed by atoms with Gasteiger partial charge >= 0.3 is 5.97 Å². The van der Waals surface area contributed by atoms with E-state index in [0.717, 1.165) is 0 Å². The van der Waals surface area contributed by atoms with Gasteiger partial charge < -0.3 is 24.8 Å². The Balaban J connectivity index is 2.78. The molecule has 1 aromatic carbocycles. The van der Waals surface area contributed by atoms with Crippen molar-refractivity contribution in [3.05, 3.63) is 41.6 Å². The maximum absolute atomic E-state index is 12.3. The molecule has 0 heterocycles. The van der Waals surface area contributed by atoms with E-state index in [1.54, 1.807) is 18.2 Å². The standard InChI is InChI=1S/C18H23N3O5/c1-4-25-16(26-5-2)12-20-11-13(10-19)17(22)21-15-9-7-6-8-14(15)18(23)24-3/h6-9,11,16,20H,4-5,12H2,1-3H3,(H,21,22)/b13-11-. The lowest BCUT2D eigenvalue weighted by Crippen LogP contribution is -2.29. The largest absolute Gasteiger partial charge is 0.465 e. The summed E-state index contributed by atoms with van der Waals surface area (Å²) in [5, 5.41) is 14.6. The van der Waals surface area contributed by atoms with Gasteiger partial charge in [0.05, 0.1) is 24.9 Å². The first-order chi connectivity index (χ1) is 12.6. The Bertz CT molecular complexity index is 676. The van der Waals surface area contributed by atoms with E-state index >= 15 is 0 Å². The molecule has 2 N–H and O–H groups in total. The fourth-order valence-corrected chi connectivity index (χ4v) is 2.01. The molecular formula is C18H23N3O5. The average molecular weight is 361 g/mol. The number of hydrogen-bond acceptors (Lipinski definition) is 7. The summed E-state index contributed by atoms with van der Waals surface area (Å²) < 4.78 is 15.4. The molecule has 0 saturated carbocycles.